The summed E-state index contributed by atoms with van der Waals surface area (Å²) in [5.74, 6) is 1.59. The van der Waals surface area contributed by atoms with Gasteiger partial charge in [0.15, 0.2) is 0 Å². The molecule has 0 saturated carbocycles. The van der Waals surface area contributed by atoms with Crippen molar-refractivity contribution in [3.8, 4) is 12.3 Å². The lowest BCUT2D eigenvalue weighted by atomic mass is 10.1. The smallest absolute Gasteiger partial charge is 0.300 e. The topological polar surface area (TPSA) is 29.1 Å². The van der Waals surface area contributed by atoms with Crippen molar-refractivity contribution in [2.45, 2.75) is 0 Å². The highest BCUT2D eigenvalue weighted by atomic mass is 79.9. The van der Waals surface area contributed by atoms with Crippen molar-refractivity contribution in [2.24, 2.45) is 0 Å². The van der Waals surface area contributed by atoms with Gasteiger partial charge in [0.05, 0.1) is 0 Å². The summed E-state index contributed by atoms with van der Waals surface area (Å²) >= 11 is 3.46. The van der Waals surface area contributed by atoms with Gasteiger partial charge in [0, 0.05) is 15.5 Å². The van der Waals surface area contributed by atoms with Crippen molar-refractivity contribution in [3.63, 3.8) is 0 Å². The van der Waals surface area contributed by atoms with E-state index in [0.717, 1.165) is 20.9 Å². The summed E-state index contributed by atoms with van der Waals surface area (Å²) in [7, 11) is 0. The Morgan fingerprint density at radius 1 is 1.19 bits per heavy atom. The number of carbonyl (C=O) groups is 1. The molecule has 2 nitrogen and oxygen atoms in total. The van der Waals surface area contributed by atoms with Gasteiger partial charge in [-0.3, -0.25) is 4.79 Å². The van der Waals surface area contributed by atoms with Crippen LogP contribution in [-0.4, -0.2) is 5.91 Å². The number of hydrogen-bond donors (Lipinski definition) is 1. The fourth-order valence-electron chi connectivity index (χ4n) is 1.53. The van der Waals surface area contributed by atoms with Crippen LogP contribution in [0.25, 0.3) is 10.8 Å². The first kappa shape index (κ1) is 10.7. The highest BCUT2D eigenvalue weighted by molar-refractivity contribution is 9.10. The highest BCUT2D eigenvalue weighted by Gasteiger charge is 2.05. The summed E-state index contributed by atoms with van der Waals surface area (Å²) in [4.78, 5) is 11.2. The van der Waals surface area contributed by atoms with E-state index in [1.165, 1.54) is 0 Å². The van der Waals surface area contributed by atoms with Gasteiger partial charge in [-0.1, -0.05) is 40.2 Å². The molecule has 0 atom stereocenters. The van der Waals surface area contributed by atoms with E-state index >= 15 is 0 Å². The molecule has 3 heteroatoms. The average molecular weight is 274 g/mol. The maximum absolute atomic E-state index is 11.2. The number of terminal acetylenes is 1. The van der Waals surface area contributed by atoms with Gasteiger partial charge in [0.2, 0.25) is 0 Å². The minimum Gasteiger partial charge on any atom is -0.315 e. The standard InChI is InChI=1S/C13H8BrNO/c1-2-13(16)15-12-8-7-11(14)9-5-3-4-6-10(9)12/h1,3-8H,(H,15,16). The first-order chi connectivity index (χ1) is 7.72. The van der Waals surface area contributed by atoms with Gasteiger partial charge in [-0.15, -0.1) is 6.42 Å². The maximum Gasteiger partial charge on any atom is 0.300 e. The monoisotopic (exact) mass is 273 g/mol. The Labute approximate surface area is 102 Å². The number of carbonyl (C=O) groups excluding carboxylic acids is 1. The number of anilines is 1. The molecule has 0 aliphatic heterocycles. The molecule has 0 aliphatic carbocycles. The Balaban J connectivity index is 2.59. The van der Waals surface area contributed by atoms with Crippen LogP contribution in [0.5, 0.6) is 0 Å². The molecule has 0 spiro atoms. The Bertz CT molecular complexity index is 598. The normalized spacial score (nSPS) is 9.75. The summed E-state index contributed by atoms with van der Waals surface area (Å²) < 4.78 is 0.988. The van der Waals surface area contributed by atoms with Crippen LogP contribution in [0, 0.1) is 12.3 Å². The third-order valence-corrected chi connectivity index (χ3v) is 2.94. The fourth-order valence-corrected chi connectivity index (χ4v) is 2.01. The zero-order valence-corrected chi connectivity index (χ0v) is 9.91. The van der Waals surface area contributed by atoms with E-state index < -0.39 is 5.91 Å². The molecule has 0 unspecified atom stereocenters. The molecule has 0 saturated heterocycles. The molecule has 16 heavy (non-hydrogen) atoms. The third-order valence-electron chi connectivity index (χ3n) is 2.25. The van der Waals surface area contributed by atoms with E-state index in [2.05, 4.69) is 21.2 Å². The largest absolute Gasteiger partial charge is 0.315 e. The fraction of sp³-hybridized carbons (Fsp3) is 0. The molecule has 1 amide bonds. The Hall–Kier alpha value is -1.79. The van der Waals surface area contributed by atoms with Gasteiger partial charge in [-0.2, -0.15) is 0 Å². The van der Waals surface area contributed by atoms with E-state index in [0.29, 0.717) is 0 Å². The second-order valence-corrected chi connectivity index (χ2v) is 4.09. The molecule has 0 radical (unpaired) electrons. The summed E-state index contributed by atoms with van der Waals surface area (Å²) in [6, 6.07) is 11.5. The first-order valence-electron chi connectivity index (χ1n) is 4.67. The molecule has 0 bridgehead atoms. The minimum atomic E-state index is -0.438. The number of fused-ring (bicyclic) bond motifs is 1. The van der Waals surface area contributed by atoms with Crippen LogP contribution in [0.15, 0.2) is 40.9 Å². The molecular formula is C13H8BrNO. The van der Waals surface area contributed by atoms with Crippen LogP contribution in [0.2, 0.25) is 0 Å². The lowest BCUT2D eigenvalue weighted by molar-refractivity contribution is -0.111. The van der Waals surface area contributed by atoms with Crippen LogP contribution in [0.4, 0.5) is 5.69 Å². The van der Waals surface area contributed by atoms with Crippen molar-refractivity contribution < 1.29 is 4.79 Å². The van der Waals surface area contributed by atoms with Crippen molar-refractivity contribution in [1.29, 1.82) is 0 Å². The van der Waals surface area contributed by atoms with Gasteiger partial charge in [-0.05, 0) is 23.4 Å². The molecule has 2 aromatic carbocycles. The summed E-state index contributed by atoms with van der Waals surface area (Å²) in [6.07, 6.45) is 5.02. The van der Waals surface area contributed by atoms with Crippen LogP contribution >= 0.6 is 15.9 Å². The zero-order valence-electron chi connectivity index (χ0n) is 8.33. The van der Waals surface area contributed by atoms with Crippen LogP contribution in [-0.2, 0) is 4.79 Å². The second kappa shape index (κ2) is 4.38. The molecule has 78 valence electrons. The van der Waals surface area contributed by atoms with Gasteiger partial charge in [0.1, 0.15) is 0 Å². The Morgan fingerprint density at radius 3 is 2.56 bits per heavy atom. The summed E-state index contributed by atoms with van der Waals surface area (Å²) in [5.41, 5.74) is 0.724. The number of benzene rings is 2. The molecule has 0 heterocycles. The Morgan fingerprint density at radius 2 is 1.88 bits per heavy atom. The van der Waals surface area contributed by atoms with Crippen molar-refractivity contribution in [2.75, 3.05) is 5.32 Å². The number of rotatable bonds is 1. The number of hydrogen-bond acceptors (Lipinski definition) is 1. The zero-order chi connectivity index (χ0) is 11.5. The highest BCUT2D eigenvalue weighted by Crippen LogP contribution is 2.29. The van der Waals surface area contributed by atoms with Gasteiger partial charge >= 0.3 is 0 Å². The average Bonchev–Trinajstić information content (AvgIpc) is 2.33. The molecule has 0 fully saturated rings. The first-order valence-corrected chi connectivity index (χ1v) is 5.46. The SMILES string of the molecule is C#CC(=O)Nc1ccc(Br)c2ccccc12. The van der Waals surface area contributed by atoms with Gasteiger partial charge < -0.3 is 5.32 Å². The van der Waals surface area contributed by atoms with E-state index in [9.17, 15) is 4.79 Å². The van der Waals surface area contributed by atoms with Crippen molar-refractivity contribution >= 4 is 38.3 Å². The van der Waals surface area contributed by atoms with Crippen LogP contribution in [0.3, 0.4) is 0 Å². The van der Waals surface area contributed by atoms with Gasteiger partial charge in [-0.25, -0.2) is 0 Å². The number of halogens is 1. The van der Waals surface area contributed by atoms with E-state index in [-0.39, 0.29) is 0 Å². The lowest BCUT2D eigenvalue weighted by Gasteiger charge is -2.07. The lowest BCUT2D eigenvalue weighted by Crippen LogP contribution is -2.08. The summed E-state index contributed by atoms with van der Waals surface area (Å²) in [5, 5.41) is 4.66. The maximum atomic E-state index is 11.2. The summed E-state index contributed by atoms with van der Waals surface area (Å²) in [6.45, 7) is 0. The predicted molar refractivity (Wildman–Crippen MR) is 69.1 cm³/mol. The number of amides is 1. The van der Waals surface area contributed by atoms with Crippen molar-refractivity contribution in [3.05, 3.63) is 40.9 Å². The quantitative estimate of drug-likeness (QED) is 0.795. The van der Waals surface area contributed by atoms with Gasteiger partial charge in [0.25, 0.3) is 5.91 Å². The van der Waals surface area contributed by atoms with Crippen molar-refractivity contribution in [1.82, 2.24) is 0 Å². The molecule has 2 rings (SSSR count). The van der Waals surface area contributed by atoms with E-state index in [1.54, 1.807) is 0 Å². The van der Waals surface area contributed by atoms with Crippen LogP contribution < -0.4 is 5.32 Å². The predicted octanol–water partition coefficient (Wildman–Crippen LogP) is 3.17. The molecule has 0 aromatic heterocycles. The Kier molecular flexibility index (Phi) is 2.93. The van der Waals surface area contributed by atoms with Crippen LogP contribution in [0.1, 0.15) is 0 Å². The molecule has 1 N–H and O–H groups in total. The second-order valence-electron chi connectivity index (χ2n) is 3.24. The number of nitrogens with one attached hydrogen (secondary N) is 1. The van der Waals surface area contributed by atoms with E-state index in [1.807, 2.05) is 42.3 Å². The third kappa shape index (κ3) is 1.93. The molecular weight excluding hydrogens is 266 g/mol. The molecule has 0 aliphatic rings. The minimum absolute atomic E-state index is 0.438. The van der Waals surface area contributed by atoms with E-state index in [4.69, 9.17) is 6.42 Å². The molecule has 2 aromatic rings.